The van der Waals surface area contributed by atoms with E-state index in [9.17, 15) is 4.79 Å². The maximum Gasteiger partial charge on any atom is 0.255 e. The summed E-state index contributed by atoms with van der Waals surface area (Å²) in [5.74, 6) is 0.958. The lowest BCUT2D eigenvalue weighted by molar-refractivity contribution is 0.0705. The molecule has 0 atom stereocenters. The Labute approximate surface area is 139 Å². The minimum atomic E-state index is 0.0492. The molecule has 2 fully saturated rings. The van der Waals surface area contributed by atoms with E-state index in [1.54, 1.807) is 12.1 Å². The van der Waals surface area contributed by atoms with Crippen molar-refractivity contribution in [2.45, 2.75) is 31.7 Å². The number of likely N-dealkylation sites (tertiary alicyclic amines) is 1. The van der Waals surface area contributed by atoms with Gasteiger partial charge in [0, 0.05) is 23.6 Å². The molecule has 1 aliphatic carbocycles. The van der Waals surface area contributed by atoms with Crippen molar-refractivity contribution in [2.75, 3.05) is 19.6 Å². The van der Waals surface area contributed by atoms with Gasteiger partial charge in [-0.2, -0.15) is 0 Å². The molecule has 1 aromatic rings. The van der Waals surface area contributed by atoms with E-state index >= 15 is 0 Å². The average molecular weight is 372 g/mol. The molecule has 1 aliphatic heterocycles. The molecule has 1 heterocycles. The number of benzene rings is 1. The molecular weight excluding hydrogens is 352 g/mol. The van der Waals surface area contributed by atoms with Gasteiger partial charge < -0.3 is 10.2 Å². The first-order valence-electron chi connectivity index (χ1n) is 7.61. The second-order valence-corrected chi connectivity index (χ2v) is 7.37. The summed E-state index contributed by atoms with van der Waals surface area (Å²) in [6, 6.07) is 6.00. The monoisotopic (exact) mass is 370 g/mol. The molecule has 1 aromatic carbocycles. The van der Waals surface area contributed by atoms with Gasteiger partial charge >= 0.3 is 0 Å². The second kappa shape index (κ2) is 6.67. The van der Waals surface area contributed by atoms with Gasteiger partial charge in [-0.25, -0.2) is 0 Å². The number of piperidine rings is 1. The summed E-state index contributed by atoms with van der Waals surface area (Å²) < 4.78 is 0.895. The maximum absolute atomic E-state index is 12.5. The van der Waals surface area contributed by atoms with Gasteiger partial charge in [0.2, 0.25) is 0 Å². The first kappa shape index (κ1) is 15.3. The molecular formula is C16H20BrClN2O. The van der Waals surface area contributed by atoms with Gasteiger partial charge in [0.25, 0.3) is 5.91 Å². The molecule has 0 bridgehead atoms. The molecule has 0 radical (unpaired) electrons. The maximum atomic E-state index is 12.5. The van der Waals surface area contributed by atoms with Crippen LogP contribution in [0.4, 0.5) is 0 Å². The van der Waals surface area contributed by atoms with Gasteiger partial charge in [-0.15, -0.1) is 0 Å². The van der Waals surface area contributed by atoms with Crippen molar-refractivity contribution in [3.05, 3.63) is 33.3 Å². The Morgan fingerprint density at radius 2 is 2.00 bits per heavy atom. The van der Waals surface area contributed by atoms with E-state index in [0.29, 0.717) is 16.6 Å². The normalized spacial score (nSPS) is 19.8. The summed E-state index contributed by atoms with van der Waals surface area (Å²) in [6.45, 7) is 2.78. The molecule has 5 heteroatoms. The van der Waals surface area contributed by atoms with Crippen LogP contribution >= 0.6 is 27.5 Å². The van der Waals surface area contributed by atoms with E-state index < -0.39 is 0 Å². The average Bonchev–Trinajstić information content (AvgIpc) is 3.29. The Morgan fingerprint density at radius 3 is 2.62 bits per heavy atom. The third-order valence-electron chi connectivity index (χ3n) is 4.34. The summed E-state index contributed by atoms with van der Waals surface area (Å²) >= 11 is 9.54. The Hall–Kier alpha value is -0.580. The number of hydrogen-bond donors (Lipinski definition) is 1. The van der Waals surface area contributed by atoms with Crippen LogP contribution in [0.25, 0.3) is 0 Å². The van der Waals surface area contributed by atoms with Crippen LogP contribution in [0.5, 0.6) is 0 Å². The Bertz CT molecular complexity index is 525. The van der Waals surface area contributed by atoms with E-state index in [1.165, 1.54) is 12.8 Å². The number of rotatable bonds is 4. The van der Waals surface area contributed by atoms with Gasteiger partial charge in [-0.3, -0.25) is 4.79 Å². The third-order valence-corrected chi connectivity index (χ3v) is 5.14. The Balaban J connectivity index is 1.54. The molecule has 1 amide bonds. The van der Waals surface area contributed by atoms with Gasteiger partial charge in [0.15, 0.2) is 0 Å². The molecule has 114 valence electrons. The number of nitrogens with one attached hydrogen (secondary N) is 1. The largest absolute Gasteiger partial charge is 0.338 e. The first-order valence-corrected chi connectivity index (χ1v) is 8.78. The molecule has 3 rings (SSSR count). The molecule has 0 unspecified atom stereocenters. The number of carbonyl (C=O) groups is 1. The summed E-state index contributed by atoms with van der Waals surface area (Å²) in [4.78, 5) is 14.4. The molecule has 2 aliphatic rings. The fraction of sp³-hybridized carbons (Fsp3) is 0.562. The van der Waals surface area contributed by atoms with Crippen molar-refractivity contribution in [3.63, 3.8) is 0 Å². The summed E-state index contributed by atoms with van der Waals surface area (Å²) in [7, 11) is 0. The second-order valence-electron chi connectivity index (χ2n) is 6.04. The van der Waals surface area contributed by atoms with Crippen LogP contribution in [-0.2, 0) is 0 Å². The van der Waals surface area contributed by atoms with Crippen LogP contribution < -0.4 is 5.32 Å². The summed E-state index contributed by atoms with van der Waals surface area (Å²) in [5, 5.41) is 4.15. The minimum absolute atomic E-state index is 0.0492. The van der Waals surface area contributed by atoms with Crippen molar-refractivity contribution in [1.82, 2.24) is 10.2 Å². The van der Waals surface area contributed by atoms with Gasteiger partial charge in [0.05, 0.1) is 10.6 Å². The molecule has 1 saturated carbocycles. The van der Waals surface area contributed by atoms with E-state index in [2.05, 4.69) is 21.2 Å². The molecule has 1 saturated heterocycles. The van der Waals surface area contributed by atoms with Gasteiger partial charge in [-0.1, -0.05) is 27.5 Å². The zero-order valence-corrected chi connectivity index (χ0v) is 14.3. The number of hydrogen-bond acceptors (Lipinski definition) is 2. The lowest BCUT2D eigenvalue weighted by Gasteiger charge is -2.32. The fourth-order valence-electron chi connectivity index (χ4n) is 2.78. The number of amides is 1. The quantitative estimate of drug-likeness (QED) is 0.875. The number of carbonyl (C=O) groups excluding carboxylic acids is 1. The molecule has 3 nitrogen and oxygen atoms in total. The van der Waals surface area contributed by atoms with E-state index in [-0.39, 0.29) is 5.91 Å². The topological polar surface area (TPSA) is 32.3 Å². The van der Waals surface area contributed by atoms with Crippen LogP contribution in [0.2, 0.25) is 5.02 Å². The van der Waals surface area contributed by atoms with Crippen LogP contribution in [0.15, 0.2) is 22.7 Å². The van der Waals surface area contributed by atoms with Crippen molar-refractivity contribution < 1.29 is 4.79 Å². The molecule has 21 heavy (non-hydrogen) atoms. The SMILES string of the molecule is O=C(c1ccc(Br)cc1Cl)N1CCC(NCC2CC2)CC1. The lowest BCUT2D eigenvalue weighted by Crippen LogP contribution is -2.45. The smallest absolute Gasteiger partial charge is 0.255 e. The van der Waals surface area contributed by atoms with E-state index in [0.717, 1.165) is 42.9 Å². The minimum Gasteiger partial charge on any atom is -0.338 e. The van der Waals surface area contributed by atoms with E-state index in [4.69, 9.17) is 11.6 Å². The highest BCUT2D eigenvalue weighted by molar-refractivity contribution is 9.10. The summed E-state index contributed by atoms with van der Waals surface area (Å²) in [5.41, 5.74) is 0.601. The van der Waals surface area contributed by atoms with Crippen molar-refractivity contribution in [1.29, 1.82) is 0 Å². The number of halogens is 2. The standard InChI is InChI=1S/C16H20BrClN2O/c17-12-3-4-14(15(18)9-12)16(21)20-7-5-13(6-8-20)19-10-11-1-2-11/h3-4,9,11,13,19H,1-2,5-8,10H2. The van der Waals surface area contributed by atoms with Crippen molar-refractivity contribution in [3.8, 4) is 0 Å². The van der Waals surface area contributed by atoms with Crippen molar-refractivity contribution in [2.24, 2.45) is 5.92 Å². The molecule has 0 aromatic heterocycles. The van der Waals surface area contributed by atoms with Crippen LogP contribution in [0, 0.1) is 5.92 Å². The van der Waals surface area contributed by atoms with Crippen LogP contribution in [0.1, 0.15) is 36.0 Å². The van der Waals surface area contributed by atoms with Gasteiger partial charge in [0.1, 0.15) is 0 Å². The predicted molar refractivity (Wildman–Crippen MR) is 88.8 cm³/mol. The Morgan fingerprint density at radius 1 is 1.29 bits per heavy atom. The predicted octanol–water partition coefficient (Wildman–Crippen LogP) is 3.71. The zero-order chi connectivity index (χ0) is 14.8. The van der Waals surface area contributed by atoms with Crippen molar-refractivity contribution >= 4 is 33.4 Å². The highest BCUT2D eigenvalue weighted by atomic mass is 79.9. The lowest BCUT2D eigenvalue weighted by atomic mass is 10.0. The molecule has 1 N–H and O–H groups in total. The highest BCUT2D eigenvalue weighted by Gasteiger charge is 2.27. The highest BCUT2D eigenvalue weighted by Crippen LogP contribution is 2.28. The first-order chi connectivity index (χ1) is 10.1. The van der Waals surface area contributed by atoms with Gasteiger partial charge in [-0.05, 0) is 56.3 Å². The fourth-order valence-corrected chi connectivity index (χ4v) is 3.53. The summed E-state index contributed by atoms with van der Waals surface area (Å²) in [6.07, 6.45) is 4.83. The number of nitrogens with zero attached hydrogens (tertiary/aromatic N) is 1. The van der Waals surface area contributed by atoms with Crippen LogP contribution in [0.3, 0.4) is 0 Å². The third kappa shape index (κ3) is 3.99. The zero-order valence-electron chi connectivity index (χ0n) is 11.9. The van der Waals surface area contributed by atoms with Crippen LogP contribution in [-0.4, -0.2) is 36.5 Å². The van der Waals surface area contributed by atoms with E-state index in [1.807, 2.05) is 11.0 Å². The Kier molecular flexibility index (Phi) is 4.87. The molecule has 0 spiro atoms.